The number of nitrogens with one attached hydrogen (secondary N) is 1. The molecule has 1 aromatic rings. The van der Waals surface area contributed by atoms with E-state index in [2.05, 4.69) is 12.2 Å². The Hall–Kier alpha value is -0.890. The van der Waals surface area contributed by atoms with Gasteiger partial charge in [0.15, 0.2) is 0 Å². The summed E-state index contributed by atoms with van der Waals surface area (Å²) >= 11 is 0. The van der Waals surface area contributed by atoms with E-state index in [1.807, 2.05) is 6.07 Å². The van der Waals surface area contributed by atoms with Crippen molar-refractivity contribution in [3.05, 3.63) is 35.1 Å². The minimum Gasteiger partial charge on any atom is -0.316 e. The summed E-state index contributed by atoms with van der Waals surface area (Å²) in [6.07, 6.45) is 4.78. The van der Waals surface area contributed by atoms with Gasteiger partial charge >= 0.3 is 0 Å². The average Bonchev–Trinajstić information content (AvgIpc) is 2.89. The first-order valence-electron chi connectivity index (χ1n) is 6.76. The quantitative estimate of drug-likeness (QED) is 0.788. The van der Waals surface area contributed by atoms with E-state index in [0.717, 1.165) is 25.4 Å². The van der Waals surface area contributed by atoms with Crippen LogP contribution in [0.25, 0.3) is 0 Å². The number of fused-ring (bicyclic) bond motifs is 2. The molecule has 0 aliphatic heterocycles. The molecule has 1 nitrogen and oxygen atoms in total. The van der Waals surface area contributed by atoms with Gasteiger partial charge in [-0.05, 0) is 68.0 Å². The van der Waals surface area contributed by atoms with Gasteiger partial charge in [-0.2, -0.15) is 0 Å². The fourth-order valence-electron chi connectivity index (χ4n) is 3.48. The molecule has 1 saturated carbocycles. The summed E-state index contributed by atoms with van der Waals surface area (Å²) in [4.78, 5) is 0. The highest BCUT2D eigenvalue weighted by atomic mass is 19.1. The molecule has 17 heavy (non-hydrogen) atoms. The van der Waals surface area contributed by atoms with Crippen molar-refractivity contribution in [3.8, 4) is 0 Å². The van der Waals surface area contributed by atoms with Gasteiger partial charge in [0.2, 0.25) is 0 Å². The van der Waals surface area contributed by atoms with Gasteiger partial charge in [-0.3, -0.25) is 0 Å². The summed E-state index contributed by atoms with van der Waals surface area (Å²) in [5.41, 5.74) is 3.09. The highest BCUT2D eigenvalue weighted by molar-refractivity contribution is 5.45. The van der Waals surface area contributed by atoms with Gasteiger partial charge in [0.1, 0.15) is 5.82 Å². The molecule has 1 fully saturated rings. The van der Waals surface area contributed by atoms with E-state index in [1.54, 1.807) is 12.1 Å². The van der Waals surface area contributed by atoms with E-state index in [-0.39, 0.29) is 5.82 Å². The normalized spacial score (nSPS) is 29.6. The maximum absolute atomic E-state index is 13.2. The van der Waals surface area contributed by atoms with Gasteiger partial charge < -0.3 is 5.32 Å². The standard InChI is InChI=1S/C15H20FN/c1-2-7-17-10-12-9-15(12)6-5-11-8-13(16)3-4-14(11)15/h3-4,8,12,17H,2,5-7,9-10H2,1H3. The van der Waals surface area contributed by atoms with Crippen molar-refractivity contribution < 1.29 is 4.39 Å². The second-order valence-corrected chi connectivity index (χ2v) is 5.56. The van der Waals surface area contributed by atoms with Gasteiger partial charge in [-0.1, -0.05) is 13.0 Å². The molecule has 0 heterocycles. The molecule has 1 aromatic carbocycles. The van der Waals surface area contributed by atoms with Crippen LogP contribution >= 0.6 is 0 Å². The van der Waals surface area contributed by atoms with Gasteiger partial charge in [-0.25, -0.2) is 4.39 Å². The number of hydrogen-bond acceptors (Lipinski definition) is 1. The predicted octanol–water partition coefficient (Wildman–Crippen LogP) is 3.03. The van der Waals surface area contributed by atoms with Crippen LogP contribution in [0.1, 0.15) is 37.3 Å². The van der Waals surface area contributed by atoms with Crippen molar-refractivity contribution in [1.29, 1.82) is 0 Å². The monoisotopic (exact) mass is 233 g/mol. The van der Waals surface area contributed by atoms with Crippen LogP contribution in [0.2, 0.25) is 0 Å². The second-order valence-electron chi connectivity index (χ2n) is 5.56. The fourth-order valence-corrected chi connectivity index (χ4v) is 3.48. The van der Waals surface area contributed by atoms with Crippen molar-refractivity contribution in [3.63, 3.8) is 0 Å². The van der Waals surface area contributed by atoms with Crippen LogP contribution in [0.3, 0.4) is 0 Å². The van der Waals surface area contributed by atoms with Crippen LogP contribution in [-0.4, -0.2) is 13.1 Å². The molecule has 0 radical (unpaired) electrons. The van der Waals surface area contributed by atoms with E-state index < -0.39 is 0 Å². The lowest BCUT2D eigenvalue weighted by atomic mass is 9.95. The lowest BCUT2D eigenvalue weighted by molar-refractivity contribution is 0.546. The van der Waals surface area contributed by atoms with Crippen LogP contribution in [-0.2, 0) is 11.8 Å². The van der Waals surface area contributed by atoms with E-state index in [0.29, 0.717) is 5.41 Å². The first kappa shape index (κ1) is 11.2. The second kappa shape index (κ2) is 4.09. The highest BCUT2D eigenvalue weighted by Gasteiger charge is 2.57. The van der Waals surface area contributed by atoms with Gasteiger partial charge in [0.25, 0.3) is 0 Å². The smallest absolute Gasteiger partial charge is 0.123 e. The maximum atomic E-state index is 13.2. The first-order chi connectivity index (χ1) is 8.26. The topological polar surface area (TPSA) is 12.0 Å². The van der Waals surface area contributed by atoms with Crippen LogP contribution in [0.15, 0.2) is 18.2 Å². The average molecular weight is 233 g/mol. The number of aryl methyl sites for hydroxylation is 1. The van der Waals surface area contributed by atoms with E-state index in [1.165, 1.54) is 30.4 Å². The summed E-state index contributed by atoms with van der Waals surface area (Å²) in [6.45, 7) is 4.44. The summed E-state index contributed by atoms with van der Waals surface area (Å²) in [5.74, 6) is 0.697. The van der Waals surface area contributed by atoms with Crippen molar-refractivity contribution in [2.75, 3.05) is 13.1 Å². The Morgan fingerprint density at radius 1 is 1.47 bits per heavy atom. The number of benzene rings is 1. The van der Waals surface area contributed by atoms with Crippen LogP contribution in [0.4, 0.5) is 4.39 Å². The molecule has 2 aliphatic rings. The third kappa shape index (κ3) is 1.79. The van der Waals surface area contributed by atoms with Crippen molar-refractivity contribution in [2.24, 2.45) is 5.92 Å². The molecule has 3 rings (SSSR count). The SMILES string of the molecule is CCCNCC1CC12CCc1cc(F)ccc12. The van der Waals surface area contributed by atoms with Gasteiger partial charge in [0, 0.05) is 5.41 Å². The Labute approximate surface area is 102 Å². The Morgan fingerprint density at radius 2 is 2.35 bits per heavy atom. The molecule has 0 bridgehead atoms. The number of rotatable bonds is 4. The molecule has 2 atom stereocenters. The lowest BCUT2D eigenvalue weighted by Crippen LogP contribution is -2.21. The molecule has 0 aromatic heterocycles. The summed E-state index contributed by atoms with van der Waals surface area (Å²) in [7, 11) is 0. The molecule has 1 spiro atoms. The molecule has 2 aliphatic carbocycles. The zero-order valence-corrected chi connectivity index (χ0v) is 10.4. The van der Waals surface area contributed by atoms with E-state index in [4.69, 9.17) is 0 Å². The zero-order valence-electron chi connectivity index (χ0n) is 10.4. The van der Waals surface area contributed by atoms with E-state index >= 15 is 0 Å². The van der Waals surface area contributed by atoms with Crippen molar-refractivity contribution in [2.45, 2.75) is 38.0 Å². The van der Waals surface area contributed by atoms with Crippen molar-refractivity contribution >= 4 is 0 Å². The Morgan fingerprint density at radius 3 is 3.18 bits per heavy atom. The Kier molecular flexibility index (Phi) is 2.70. The fraction of sp³-hybridized carbons (Fsp3) is 0.600. The largest absolute Gasteiger partial charge is 0.316 e. The molecule has 0 saturated heterocycles. The van der Waals surface area contributed by atoms with Gasteiger partial charge in [-0.15, -0.1) is 0 Å². The van der Waals surface area contributed by atoms with Crippen LogP contribution < -0.4 is 5.32 Å². The number of halogens is 1. The molecule has 1 N–H and O–H groups in total. The molecular formula is C15H20FN. The molecule has 0 amide bonds. The third-order valence-corrected chi connectivity index (χ3v) is 4.49. The third-order valence-electron chi connectivity index (χ3n) is 4.49. The summed E-state index contributed by atoms with van der Waals surface area (Å²) in [5, 5.41) is 3.52. The maximum Gasteiger partial charge on any atom is 0.123 e. The van der Waals surface area contributed by atoms with Gasteiger partial charge in [0.05, 0.1) is 0 Å². The molecule has 92 valence electrons. The summed E-state index contributed by atoms with van der Waals surface area (Å²) in [6, 6.07) is 5.39. The number of hydrogen-bond donors (Lipinski definition) is 1. The molecule has 2 heteroatoms. The highest BCUT2D eigenvalue weighted by Crippen LogP contribution is 2.61. The molecular weight excluding hydrogens is 213 g/mol. The van der Waals surface area contributed by atoms with Crippen LogP contribution in [0.5, 0.6) is 0 Å². The Bertz CT molecular complexity index is 429. The minimum atomic E-state index is -0.0814. The summed E-state index contributed by atoms with van der Waals surface area (Å²) < 4.78 is 13.2. The lowest BCUT2D eigenvalue weighted by Gasteiger charge is -2.12. The zero-order chi connectivity index (χ0) is 11.9. The first-order valence-corrected chi connectivity index (χ1v) is 6.76. The van der Waals surface area contributed by atoms with Crippen LogP contribution in [0, 0.1) is 11.7 Å². The Balaban J connectivity index is 1.72. The molecule has 2 unspecified atom stereocenters. The van der Waals surface area contributed by atoms with E-state index in [9.17, 15) is 4.39 Å². The predicted molar refractivity (Wildman–Crippen MR) is 67.7 cm³/mol. The van der Waals surface area contributed by atoms with Crippen molar-refractivity contribution in [1.82, 2.24) is 5.32 Å². The minimum absolute atomic E-state index is 0.0814.